The van der Waals surface area contributed by atoms with E-state index in [1.54, 1.807) is 0 Å². The zero-order valence-corrected chi connectivity index (χ0v) is 12.5. The molecule has 0 aliphatic carbocycles. The van der Waals surface area contributed by atoms with Crippen molar-refractivity contribution in [2.24, 2.45) is 0 Å². The number of carbonyl (C=O) groups excluding carboxylic acids is 1. The average molecular weight is 327 g/mol. The highest BCUT2D eigenvalue weighted by Gasteiger charge is 2.13. The first kappa shape index (κ1) is 14.5. The van der Waals surface area contributed by atoms with Gasteiger partial charge in [-0.1, -0.05) is 34.1 Å². The van der Waals surface area contributed by atoms with Crippen LogP contribution >= 0.6 is 15.9 Å². The molecule has 1 saturated heterocycles. The highest BCUT2D eigenvalue weighted by molar-refractivity contribution is 9.10. The molecule has 5 heteroatoms. The second-order valence-electron chi connectivity index (χ2n) is 4.63. The quantitative estimate of drug-likeness (QED) is 0.856. The summed E-state index contributed by atoms with van der Waals surface area (Å²) in [6.45, 7) is 4.54. The fourth-order valence-electron chi connectivity index (χ4n) is 2.06. The van der Waals surface area contributed by atoms with Gasteiger partial charge in [0.15, 0.2) is 0 Å². The largest absolute Gasteiger partial charge is 0.460 e. The van der Waals surface area contributed by atoms with Crippen LogP contribution in [0.3, 0.4) is 0 Å². The SMILES string of the molecule is O=C(CN1CCCNCC1)OCc1ccccc1Br. The van der Waals surface area contributed by atoms with Crippen molar-refractivity contribution in [3.05, 3.63) is 34.3 Å². The number of hydrogen-bond donors (Lipinski definition) is 1. The lowest BCUT2D eigenvalue weighted by atomic mass is 10.2. The summed E-state index contributed by atoms with van der Waals surface area (Å²) in [7, 11) is 0. The minimum Gasteiger partial charge on any atom is -0.460 e. The number of benzene rings is 1. The Morgan fingerprint density at radius 2 is 2.16 bits per heavy atom. The van der Waals surface area contributed by atoms with Gasteiger partial charge in [-0.3, -0.25) is 9.69 Å². The summed E-state index contributed by atoms with van der Waals surface area (Å²) in [6, 6.07) is 7.78. The van der Waals surface area contributed by atoms with Crippen LogP contribution in [-0.2, 0) is 16.1 Å². The molecule has 1 aliphatic rings. The van der Waals surface area contributed by atoms with E-state index in [2.05, 4.69) is 26.1 Å². The Hall–Kier alpha value is -0.910. The number of nitrogens with zero attached hydrogens (tertiary/aromatic N) is 1. The number of ether oxygens (including phenoxy) is 1. The number of rotatable bonds is 4. The lowest BCUT2D eigenvalue weighted by Gasteiger charge is -2.18. The van der Waals surface area contributed by atoms with Crippen LogP contribution in [0, 0.1) is 0 Å². The molecule has 1 fully saturated rings. The Morgan fingerprint density at radius 3 is 3.00 bits per heavy atom. The third kappa shape index (κ3) is 4.93. The molecule has 0 atom stereocenters. The van der Waals surface area contributed by atoms with Crippen LogP contribution in [-0.4, -0.2) is 43.6 Å². The van der Waals surface area contributed by atoms with Gasteiger partial charge in [0, 0.05) is 23.1 Å². The molecule has 19 heavy (non-hydrogen) atoms. The highest BCUT2D eigenvalue weighted by atomic mass is 79.9. The summed E-state index contributed by atoms with van der Waals surface area (Å²) in [6.07, 6.45) is 1.08. The Bertz CT molecular complexity index is 418. The smallest absolute Gasteiger partial charge is 0.320 e. The van der Waals surface area contributed by atoms with Crippen LogP contribution in [0.15, 0.2) is 28.7 Å². The lowest BCUT2D eigenvalue weighted by molar-refractivity contribution is -0.146. The molecule has 0 radical (unpaired) electrons. The fourth-order valence-corrected chi connectivity index (χ4v) is 2.46. The molecule has 104 valence electrons. The van der Waals surface area contributed by atoms with Gasteiger partial charge in [0.1, 0.15) is 6.61 Å². The van der Waals surface area contributed by atoms with Crippen LogP contribution in [0.4, 0.5) is 0 Å². The monoisotopic (exact) mass is 326 g/mol. The van der Waals surface area contributed by atoms with Crippen LogP contribution < -0.4 is 5.32 Å². The van der Waals surface area contributed by atoms with E-state index in [0.29, 0.717) is 13.2 Å². The van der Waals surface area contributed by atoms with Gasteiger partial charge >= 0.3 is 5.97 Å². The number of carbonyl (C=O) groups is 1. The Balaban J connectivity index is 1.76. The molecule has 0 unspecified atom stereocenters. The molecule has 4 nitrogen and oxygen atoms in total. The molecule has 2 rings (SSSR count). The van der Waals surface area contributed by atoms with Crippen molar-refractivity contribution in [2.45, 2.75) is 13.0 Å². The Morgan fingerprint density at radius 1 is 1.32 bits per heavy atom. The summed E-state index contributed by atoms with van der Waals surface area (Å²) < 4.78 is 6.30. The molecular formula is C14H19BrN2O2. The minimum absolute atomic E-state index is 0.155. The van der Waals surface area contributed by atoms with E-state index < -0.39 is 0 Å². The van der Waals surface area contributed by atoms with E-state index >= 15 is 0 Å². The summed E-state index contributed by atoms with van der Waals surface area (Å²) in [5.41, 5.74) is 0.994. The molecule has 0 saturated carbocycles. The van der Waals surface area contributed by atoms with Gasteiger partial charge in [-0.25, -0.2) is 0 Å². The molecule has 0 aromatic heterocycles. The Kier molecular flexibility index (Phi) is 5.82. The van der Waals surface area contributed by atoms with Crippen LogP contribution in [0.2, 0.25) is 0 Å². The maximum absolute atomic E-state index is 11.8. The molecule has 1 aromatic rings. The molecule has 0 amide bonds. The molecule has 1 aromatic carbocycles. The fraction of sp³-hybridized carbons (Fsp3) is 0.500. The molecule has 1 N–H and O–H groups in total. The summed E-state index contributed by atoms with van der Waals surface area (Å²) in [5, 5.41) is 3.32. The molecule has 0 bridgehead atoms. The van der Waals surface area contributed by atoms with Gasteiger partial charge in [-0.2, -0.15) is 0 Å². The molecule has 1 aliphatic heterocycles. The van der Waals surface area contributed by atoms with Crippen LogP contribution in [0.5, 0.6) is 0 Å². The zero-order chi connectivity index (χ0) is 13.5. The number of nitrogens with one attached hydrogen (secondary N) is 1. The average Bonchev–Trinajstić information content (AvgIpc) is 2.66. The first-order valence-corrected chi connectivity index (χ1v) is 7.37. The topological polar surface area (TPSA) is 41.6 Å². The number of halogens is 1. The number of hydrogen-bond acceptors (Lipinski definition) is 4. The summed E-state index contributed by atoms with van der Waals surface area (Å²) in [4.78, 5) is 13.9. The van der Waals surface area contributed by atoms with E-state index in [0.717, 1.165) is 42.6 Å². The van der Waals surface area contributed by atoms with Crippen molar-refractivity contribution >= 4 is 21.9 Å². The maximum atomic E-state index is 11.8. The van der Waals surface area contributed by atoms with Gasteiger partial charge in [0.05, 0.1) is 6.54 Å². The maximum Gasteiger partial charge on any atom is 0.320 e. The lowest BCUT2D eigenvalue weighted by Crippen LogP contribution is -2.33. The van der Waals surface area contributed by atoms with Crippen molar-refractivity contribution in [3.8, 4) is 0 Å². The molecule has 1 heterocycles. The van der Waals surface area contributed by atoms with Gasteiger partial charge in [0.2, 0.25) is 0 Å². The van der Waals surface area contributed by atoms with Crippen molar-refractivity contribution in [3.63, 3.8) is 0 Å². The summed E-state index contributed by atoms with van der Waals surface area (Å²) >= 11 is 3.45. The van der Waals surface area contributed by atoms with Crippen LogP contribution in [0.25, 0.3) is 0 Å². The first-order valence-electron chi connectivity index (χ1n) is 6.58. The summed E-state index contributed by atoms with van der Waals surface area (Å²) in [5.74, 6) is -0.155. The van der Waals surface area contributed by atoms with Gasteiger partial charge in [0.25, 0.3) is 0 Å². The van der Waals surface area contributed by atoms with Crippen molar-refractivity contribution in [1.29, 1.82) is 0 Å². The first-order chi connectivity index (χ1) is 9.25. The second-order valence-corrected chi connectivity index (χ2v) is 5.49. The van der Waals surface area contributed by atoms with Gasteiger partial charge in [-0.15, -0.1) is 0 Å². The highest BCUT2D eigenvalue weighted by Crippen LogP contribution is 2.16. The standard InChI is InChI=1S/C14H19BrN2O2/c15-13-5-2-1-4-12(13)11-19-14(18)10-17-8-3-6-16-7-9-17/h1-2,4-5,16H,3,6-11H2. The van der Waals surface area contributed by atoms with E-state index in [-0.39, 0.29) is 5.97 Å². The molecular weight excluding hydrogens is 308 g/mol. The third-order valence-electron chi connectivity index (χ3n) is 3.13. The second kappa shape index (κ2) is 7.62. The van der Waals surface area contributed by atoms with E-state index in [1.165, 1.54) is 0 Å². The van der Waals surface area contributed by atoms with Gasteiger partial charge in [-0.05, 0) is 25.6 Å². The zero-order valence-electron chi connectivity index (χ0n) is 10.9. The minimum atomic E-state index is -0.155. The van der Waals surface area contributed by atoms with E-state index in [4.69, 9.17) is 4.74 Å². The van der Waals surface area contributed by atoms with Crippen LogP contribution in [0.1, 0.15) is 12.0 Å². The van der Waals surface area contributed by atoms with E-state index in [9.17, 15) is 4.79 Å². The predicted molar refractivity (Wildman–Crippen MR) is 77.9 cm³/mol. The van der Waals surface area contributed by atoms with E-state index in [1.807, 2.05) is 24.3 Å². The van der Waals surface area contributed by atoms with Gasteiger partial charge < -0.3 is 10.1 Å². The van der Waals surface area contributed by atoms with Crippen molar-refractivity contribution in [2.75, 3.05) is 32.7 Å². The number of esters is 1. The van der Waals surface area contributed by atoms with Crippen molar-refractivity contribution < 1.29 is 9.53 Å². The normalized spacial score (nSPS) is 16.9. The third-order valence-corrected chi connectivity index (χ3v) is 3.91. The predicted octanol–water partition coefficient (Wildman–Crippen LogP) is 1.79. The van der Waals surface area contributed by atoms with Crippen molar-refractivity contribution in [1.82, 2.24) is 10.2 Å². The molecule has 0 spiro atoms. The Labute approximate surface area is 122 Å².